The zero-order chi connectivity index (χ0) is 12.0. The van der Waals surface area contributed by atoms with Gasteiger partial charge in [0, 0.05) is 20.1 Å². The molecule has 1 aromatic carbocycles. The highest BCUT2D eigenvalue weighted by molar-refractivity contribution is 5.77. The number of benzene rings is 1. The van der Waals surface area contributed by atoms with Crippen LogP contribution in [-0.2, 0) is 6.54 Å². The molecule has 0 fully saturated rings. The zero-order valence-electron chi connectivity index (χ0n) is 9.64. The number of nitrogens with two attached hydrogens (primary N) is 1. The Morgan fingerprint density at radius 2 is 2.31 bits per heavy atom. The summed E-state index contributed by atoms with van der Waals surface area (Å²) in [5, 5.41) is 8.78. The van der Waals surface area contributed by atoms with E-state index >= 15 is 0 Å². The fourth-order valence-electron chi connectivity index (χ4n) is 1.38. The molecule has 0 saturated heterocycles. The molecule has 1 aromatic rings. The number of hydrogen-bond donors (Lipinski definition) is 1. The van der Waals surface area contributed by atoms with Crippen molar-refractivity contribution in [3.8, 4) is 6.07 Å². The van der Waals surface area contributed by atoms with Crippen LogP contribution in [0.4, 0.5) is 0 Å². The van der Waals surface area contributed by atoms with Crippen molar-refractivity contribution in [3.63, 3.8) is 0 Å². The van der Waals surface area contributed by atoms with Gasteiger partial charge >= 0.3 is 0 Å². The van der Waals surface area contributed by atoms with Gasteiger partial charge in [-0.05, 0) is 24.6 Å². The van der Waals surface area contributed by atoms with Crippen LogP contribution in [0.25, 0.3) is 0 Å². The molecule has 0 amide bonds. The normalized spacial score (nSPS) is 10.9. The molecule has 0 atom stereocenters. The molecule has 2 N–H and O–H groups in total. The molecule has 16 heavy (non-hydrogen) atoms. The maximum Gasteiger partial charge on any atom is 0.191 e. The van der Waals surface area contributed by atoms with Crippen molar-refractivity contribution in [3.05, 3.63) is 35.4 Å². The summed E-state index contributed by atoms with van der Waals surface area (Å²) in [7, 11) is 1.88. The third-order valence-corrected chi connectivity index (χ3v) is 2.19. The van der Waals surface area contributed by atoms with Crippen LogP contribution in [0.15, 0.2) is 29.3 Å². The van der Waals surface area contributed by atoms with E-state index in [2.05, 4.69) is 11.1 Å². The summed E-state index contributed by atoms with van der Waals surface area (Å²) in [6.07, 6.45) is 0. The molecule has 4 heteroatoms. The molecule has 0 aliphatic rings. The van der Waals surface area contributed by atoms with E-state index in [0.29, 0.717) is 24.6 Å². The highest BCUT2D eigenvalue weighted by Crippen LogP contribution is 2.06. The van der Waals surface area contributed by atoms with Crippen LogP contribution in [0.1, 0.15) is 18.1 Å². The molecular weight excluding hydrogens is 200 g/mol. The van der Waals surface area contributed by atoms with Crippen LogP contribution in [0.2, 0.25) is 0 Å². The Hall–Kier alpha value is -2.02. The predicted octanol–water partition coefficient (Wildman–Crippen LogP) is 1.32. The van der Waals surface area contributed by atoms with Crippen molar-refractivity contribution in [2.75, 3.05) is 13.6 Å². The van der Waals surface area contributed by atoms with Gasteiger partial charge in [0.2, 0.25) is 0 Å². The number of rotatable bonds is 3. The topological polar surface area (TPSA) is 65.4 Å². The lowest BCUT2D eigenvalue weighted by Crippen LogP contribution is -2.33. The molecule has 0 bridgehead atoms. The third kappa shape index (κ3) is 3.28. The van der Waals surface area contributed by atoms with Crippen LogP contribution in [0.3, 0.4) is 0 Å². The fourth-order valence-corrected chi connectivity index (χ4v) is 1.38. The molecule has 0 aromatic heterocycles. The first-order chi connectivity index (χ1) is 7.67. The second-order valence-corrected chi connectivity index (χ2v) is 3.50. The maximum absolute atomic E-state index is 8.78. The van der Waals surface area contributed by atoms with E-state index in [1.54, 1.807) is 6.07 Å². The minimum atomic E-state index is 0.518. The Bertz CT molecular complexity index is 417. The second kappa shape index (κ2) is 5.76. The third-order valence-electron chi connectivity index (χ3n) is 2.19. The summed E-state index contributed by atoms with van der Waals surface area (Å²) in [4.78, 5) is 5.98. The Labute approximate surface area is 96.0 Å². The van der Waals surface area contributed by atoms with Crippen LogP contribution < -0.4 is 5.73 Å². The van der Waals surface area contributed by atoms with Gasteiger partial charge in [0.25, 0.3) is 0 Å². The number of aliphatic imine (C=N–C) groups is 1. The predicted molar refractivity (Wildman–Crippen MR) is 64.8 cm³/mol. The zero-order valence-corrected chi connectivity index (χ0v) is 9.64. The molecule has 4 nitrogen and oxygen atoms in total. The van der Waals surface area contributed by atoms with Gasteiger partial charge in [0.15, 0.2) is 5.96 Å². The molecule has 0 heterocycles. The fraction of sp³-hybridized carbons (Fsp3) is 0.333. The summed E-state index contributed by atoms with van der Waals surface area (Å²) in [5.74, 6) is 0.518. The van der Waals surface area contributed by atoms with E-state index in [4.69, 9.17) is 11.0 Å². The lowest BCUT2D eigenvalue weighted by atomic mass is 10.1. The molecule has 84 valence electrons. The quantitative estimate of drug-likeness (QED) is 0.612. The highest BCUT2D eigenvalue weighted by Gasteiger charge is 2.03. The van der Waals surface area contributed by atoms with Gasteiger partial charge in [-0.1, -0.05) is 12.1 Å². The average molecular weight is 216 g/mol. The lowest BCUT2D eigenvalue weighted by Gasteiger charge is -2.17. The maximum atomic E-state index is 8.78. The van der Waals surface area contributed by atoms with Crippen molar-refractivity contribution in [1.82, 2.24) is 4.90 Å². The van der Waals surface area contributed by atoms with E-state index in [0.717, 1.165) is 5.56 Å². The van der Waals surface area contributed by atoms with E-state index in [1.807, 2.05) is 37.1 Å². The van der Waals surface area contributed by atoms with Crippen molar-refractivity contribution in [1.29, 1.82) is 5.26 Å². The van der Waals surface area contributed by atoms with E-state index in [9.17, 15) is 0 Å². The van der Waals surface area contributed by atoms with E-state index in [1.165, 1.54) is 0 Å². The van der Waals surface area contributed by atoms with Crippen molar-refractivity contribution < 1.29 is 0 Å². The first-order valence-corrected chi connectivity index (χ1v) is 5.17. The number of nitrogens with zero attached hydrogens (tertiary/aromatic N) is 3. The van der Waals surface area contributed by atoms with Crippen molar-refractivity contribution in [2.45, 2.75) is 13.5 Å². The lowest BCUT2D eigenvalue weighted by molar-refractivity contribution is 0.492. The van der Waals surface area contributed by atoms with Gasteiger partial charge in [-0.2, -0.15) is 5.26 Å². The van der Waals surface area contributed by atoms with Gasteiger partial charge in [0.05, 0.1) is 11.6 Å². The highest BCUT2D eigenvalue weighted by atomic mass is 15.2. The van der Waals surface area contributed by atoms with Gasteiger partial charge in [-0.15, -0.1) is 0 Å². The number of guanidine groups is 1. The van der Waals surface area contributed by atoms with Gasteiger partial charge in [-0.25, -0.2) is 0 Å². The molecule has 0 aliphatic heterocycles. The van der Waals surface area contributed by atoms with Crippen molar-refractivity contribution >= 4 is 5.96 Å². The van der Waals surface area contributed by atoms with Gasteiger partial charge in [-0.3, -0.25) is 4.99 Å². The summed E-state index contributed by atoms with van der Waals surface area (Å²) in [6, 6.07) is 9.60. The van der Waals surface area contributed by atoms with Crippen molar-refractivity contribution in [2.24, 2.45) is 10.7 Å². The summed E-state index contributed by atoms with van der Waals surface area (Å²) < 4.78 is 0. The van der Waals surface area contributed by atoms with Crippen LogP contribution in [0, 0.1) is 11.3 Å². The molecule has 0 radical (unpaired) electrons. The molecule has 0 saturated carbocycles. The Morgan fingerprint density at radius 1 is 1.56 bits per heavy atom. The summed E-state index contributed by atoms with van der Waals surface area (Å²) in [5.41, 5.74) is 7.47. The van der Waals surface area contributed by atoms with E-state index in [-0.39, 0.29) is 0 Å². The minimum Gasteiger partial charge on any atom is -0.370 e. The standard InChI is InChI=1S/C12H16N4/c1-3-15-12(14)16(2)9-11-6-4-5-10(7-11)8-13/h4-7H,3,9H2,1-2H3,(H2,14,15). The SMILES string of the molecule is CCN=C(N)N(C)Cc1cccc(C#N)c1. The van der Waals surface area contributed by atoms with Crippen LogP contribution >= 0.6 is 0 Å². The molecule has 0 aliphatic carbocycles. The Morgan fingerprint density at radius 3 is 2.94 bits per heavy atom. The Balaban J connectivity index is 2.73. The Kier molecular flexibility index (Phi) is 4.34. The van der Waals surface area contributed by atoms with E-state index < -0.39 is 0 Å². The minimum absolute atomic E-state index is 0.518. The van der Waals surface area contributed by atoms with Gasteiger partial charge < -0.3 is 10.6 Å². The first-order valence-electron chi connectivity index (χ1n) is 5.17. The molecule has 1 rings (SSSR count). The largest absolute Gasteiger partial charge is 0.370 e. The van der Waals surface area contributed by atoms with Crippen LogP contribution in [0.5, 0.6) is 0 Å². The summed E-state index contributed by atoms with van der Waals surface area (Å²) >= 11 is 0. The first kappa shape index (κ1) is 12.1. The molecule has 0 unspecified atom stereocenters. The average Bonchev–Trinajstić information content (AvgIpc) is 2.29. The summed E-state index contributed by atoms with van der Waals surface area (Å²) in [6.45, 7) is 3.27. The number of hydrogen-bond acceptors (Lipinski definition) is 2. The second-order valence-electron chi connectivity index (χ2n) is 3.50. The molecular formula is C12H16N4. The number of nitriles is 1. The smallest absolute Gasteiger partial charge is 0.191 e. The van der Waals surface area contributed by atoms with Crippen LogP contribution in [-0.4, -0.2) is 24.5 Å². The van der Waals surface area contributed by atoms with Gasteiger partial charge in [0.1, 0.15) is 0 Å². The molecule has 0 spiro atoms. The monoisotopic (exact) mass is 216 g/mol.